The third-order valence-corrected chi connectivity index (χ3v) is 3.66. The number of aryl methyl sites for hydroxylation is 1. The van der Waals surface area contributed by atoms with Crippen molar-refractivity contribution < 1.29 is 14.6 Å². The topological polar surface area (TPSA) is 95.2 Å². The molecule has 6 nitrogen and oxygen atoms in total. The highest BCUT2D eigenvalue weighted by Gasteiger charge is 2.18. The molecular weight excluding hydrogens is 318 g/mol. The maximum absolute atomic E-state index is 12.0. The van der Waals surface area contributed by atoms with Crippen LogP contribution in [-0.4, -0.2) is 22.5 Å². The van der Waals surface area contributed by atoms with Gasteiger partial charge in [-0.2, -0.15) is 5.26 Å². The van der Waals surface area contributed by atoms with Crippen LogP contribution >= 0.6 is 0 Å². The fraction of sp³-hybridized carbons (Fsp3) is 0.105. The largest absolute Gasteiger partial charge is 0.505 e. The first kappa shape index (κ1) is 16.3. The van der Waals surface area contributed by atoms with E-state index in [1.807, 2.05) is 36.4 Å². The summed E-state index contributed by atoms with van der Waals surface area (Å²) in [6.45, 7) is 1.59. The Morgan fingerprint density at radius 2 is 1.96 bits per heavy atom. The van der Waals surface area contributed by atoms with Crippen LogP contribution in [0.5, 0.6) is 17.2 Å². The summed E-state index contributed by atoms with van der Waals surface area (Å²) in [7, 11) is 0. The minimum Gasteiger partial charge on any atom is -0.505 e. The van der Waals surface area contributed by atoms with Gasteiger partial charge in [-0.3, -0.25) is 4.79 Å². The summed E-state index contributed by atoms with van der Waals surface area (Å²) in [6.07, 6.45) is 0. The van der Waals surface area contributed by atoms with Crippen molar-refractivity contribution >= 4 is 16.7 Å². The van der Waals surface area contributed by atoms with Crippen LogP contribution in [0.4, 0.5) is 0 Å². The Balaban J connectivity index is 2.00. The number of rotatable bonds is 4. The van der Waals surface area contributed by atoms with Crippen molar-refractivity contribution in [3.05, 3.63) is 59.9 Å². The van der Waals surface area contributed by atoms with Crippen LogP contribution in [0.1, 0.15) is 16.2 Å². The van der Waals surface area contributed by atoms with Gasteiger partial charge >= 0.3 is 0 Å². The Kier molecular flexibility index (Phi) is 4.48. The number of nitrogens with zero attached hydrogens (tertiary/aromatic N) is 2. The highest BCUT2D eigenvalue weighted by Crippen LogP contribution is 2.33. The predicted octanol–water partition coefficient (Wildman–Crippen LogP) is 3.29. The molecule has 0 bridgehead atoms. The third-order valence-electron chi connectivity index (χ3n) is 3.66. The molecule has 0 atom stereocenters. The van der Waals surface area contributed by atoms with E-state index in [0.717, 1.165) is 0 Å². The van der Waals surface area contributed by atoms with Crippen molar-refractivity contribution in [3.8, 4) is 23.3 Å². The summed E-state index contributed by atoms with van der Waals surface area (Å²) >= 11 is 0. The fourth-order valence-corrected chi connectivity index (χ4v) is 2.49. The quantitative estimate of drug-likeness (QED) is 0.714. The van der Waals surface area contributed by atoms with Gasteiger partial charge in [0.2, 0.25) is 0 Å². The number of nitriles is 1. The first-order chi connectivity index (χ1) is 12.1. The number of hydrogen-bond donors (Lipinski definition) is 2. The molecule has 1 aromatic heterocycles. The van der Waals surface area contributed by atoms with Gasteiger partial charge in [0, 0.05) is 16.5 Å². The normalized spacial score (nSPS) is 10.2. The van der Waals surface area contributed by atoms with E-state index in [1.54, 1.807) is 25.1 Å². The average Bonchev–Trinajstić information content (AvgIpc) is 2.63. The lowest BCUT2D eigenvalue weighted by molar-refractivity contribution is 0.0950. The SMILES string of the molecule is Cc1nc(C(=O)NCC#N)c(O)c2ccc(Oc3ccccc3)cc12. The van der Waals surface area contributed by atoms with Crippen LogP contribution in [0.15, 0.2) is 48.5 Å². The second-order valence-electron chi connectivity index (χ2n) is 5.36. The maximum Gasteiger partial charge on any atom is 0.274 e. The molecule has 0 aliphatic carbocycles. The maximum atomic E-state index is 12.0. The van der Waals surface area contributed by atoms with E-state index >= 15 is 0 Å². The van der Waals surface area contributed by atoms with Crippen molar-refractivity contribution in [1.82, 2.24) is 10.3 Å². The fourth-order valence-electron chi connectivity index (χ4n) is 2.49. The Labute approximate surface area is 144 Å². The highest BCUT2D eigenvalue weighted by atomic mass is 16.5. The van der Waals surface area contributed by atoms with Crippen LogP contribution in [-0.2, 0) is 0 Å². The van der Waals surface area contributed by atoms with Gasteiger partial charge in [-0.1, -0.05) is 18.2 Å². The number of benzene rings is 2. The number of carbonyl (C=O) groups excluding carboxylic acids is 1. The number of carbonyl (C=O) groups is 1. The van der Waals surface area contributed by atoms with E-state index in [2.05, 4.69) is 10.3 Å². The van der Waals surface area contributed by atoms with E-state index < -0.39 is 5.91 Å². The number of hydrogen-bond acceptors (Lipinski definition) is 5. The van der Waals surface area contributed by atoms with Gasteiger partial charge in [-0.15, -0.1) is 0 Å². The second kappa shape index (κ2) is 6.89. The molecule has 124 valence electrons. The number of nitrogens with one attached hydrogen (secondary N) is 1. The lowest BCUT2D eigenvalue weighted by atomic mass is 10.1. The molecular formula is C19H15N3O3. The summed E-state index contributed by atoms with van der Waals surface area (Å²) in [5.41, 5.74) is 0.477. The van der Waals surface area contributed by atoms with E-state index in [1.165, 1.54) is 0 Å². The average molecular weight is 333 g/mol. The number of aromatic nitrogens is 1. The molecule has 2 N–H and O–H groups in total. The van der Waals surface area contributed by atoms with Gasteiger partial charge < -0.3 is 15.2 Å². The monoisotopic (exact) mass is 333 g/mol. The summed E-state index contributed by atoms with van der Waals surface area (Å²) in [6, 6.07) is 16.3. The first-order valence-electron chi connectivity index (χ1n) is 7.61. The lowest BCUT2D eigenvalue weighted by Gasteiger charge is -2.11. The molecule has 1 amide bonds. The zero-order valence-corrected chi connectivity index (χ0v) is 13.5. The summed E-state index contributed by atoms with van der Waals surface area (Å²) in [5.74, 6) is 0.491. The molecule has 1 heterocycles. The van der Waals surface area contributed by atoms with E-state index in [9.17, 15) is 9.90 Å². The molecule has 3 aromatic rings. The van der Waals surface area contributed by atoms with Gasteiger partial charge in [0.15, 0.2) is 11.4 Å². The molecule has 0 radical (unpaired) electrons. The zero-order chi connectivity index (χ0) is 17.8. The second-order valence-corrected chi connectivity index (χ2v) is 5.36. The molecule has 0 saturated carbocycles. The molecule has 0 saturated heterocycles. The van der Waals surface area contributed by atoms with E-state index in [-0.39, 0.29) is 18.0 Å². The van der Waals surface area contributed by atoms with Crippen LogP contribution in [0.3, 0.4) is 0 Å². The van der Waals surface area contributed by atoms with E-state index in [4.69, 9.17) is 10.00 Å². The Morgan fingerprint density at radius 1 is 1.20 bits per heavy atom. The molecule has 0 unspecified atom stereocenters. The minimum atomic E-state index is -0.589. The van der Waals surface area contributed by atoms with Gasteiger partial charge in [-0.05, 0) is 37.3 Å². The number of para-hydroxylation sites is 1. The lowest BCUT2D eigenvalue weighted by Crippen LogP contribution is -2.24. The van der Waals surface area contributed by atoms with Crippen LogP contribution in [0, 0.1) is 18.3 Å². The van der Waals surface area contributed by atoms with Gasteiger partial charge in [0.05, 0.1) is 6.07 Å². The van der Waals surface area contributed by atoms with Crippen molar-refractivity contribution in [1.29, 1.82) is 5.26 Å². The van der Waals surface area contributed by atoms with Gasteiger partial charge in [0.25, 0.3) is 5.91 Å². The number of pyridine rings is 1. The standard InChI is InChI=1S/C19H15N3O3/c1-12-16-11-14(25-13-5-3-2-4-6-13)7-8-15(16)18(23)17(22-12)19(24)21-10-9-20/h2-8,11,23H,10H2,1H3,(H,21,24). The summed E-state index contributed by atoms with van der Waals surface area (Å²) in [4.78, 5) is 16.2. The van der Waals surface area contributed by atoms with Crippen molar-refractivity contribution in [2.75, 3.05) is 6.54 Å². The number of ether oxygens (including phenoxy) is 1. The molecule has 0 aliphatic heterocycles. The van der Waals surface area contributed by atoms with Gasteiger partial charge in [-0.25, -0.2) is 4.98 Å². The smallest absolute Gasteiger partial charge is 0.274 e. The van der Waals surface area contributed by atoms with Crippen molar-refractivity contribution in [2.45, 2.75) is 6.92 Å². The van der Waals surface area contributed by atoms with Crippen LogP contribution in [0.2, 0.25) is 0 Å². The highest BCUT2D eigenvalue weighted by molar-refractivity contribution is 6.02. The molecule has 0 aliphatic rings. The number of fused-ring (bicyclic) bond motifs is 1. The van der Waals surface area contributed by atoms with Gasteiger partial charge in [0.1, 0.15) is 18.0 Å². The molecule has 2 aromatic carbocycles. The Hall–Kier alpha value is -3.59. The van der Waals surface area contributed by atoms with Crippen LogP contribution in [0.25, 0.3) is 10.8 Å². The zero-order valence-electron chi connectivity index (χ0n) is 13.5. The van der Waals surface area contributed by atoms with Crippen molar-refractivity contribution in [3.63, 3.8) is 0 Å². The molecule has 3 rings (SSSR count). The molecule has 0 spiro atoms. The Bertz CT molecular complexity index is 979. The number of amides is 1. The Morgan fingerprint density at radius 3 is 2.68 bits per heavy atom. The molecule has 6 heteroatoms. The molecule has 0 fully saturated rings. The minimum absolute atomic E-state index is 0.100. The number of aromatic hydroxyl groups is 1. The predicted molar refractivity (Wildman–Crippen MR) is 92.6 cm³/mol. The van der Waals surface area contributed by atoms with E-state index in [0.29, 0.717) is 28.0 Å². The first-order valence-corrected chi connectivity index (χ1v) is 7.61. The molecule has 25 heavy (non-hydrogen) atoms. The van der Waals surface area contributed by atoms with Crippen molar-refractivity contribution in [2.24, 2.45) is 0 Å². The van der Waals surface area contributed by atoms with Crippen LogP contribution < -0.4 is 10.1 Å². The third kappa shape index (κ3) is 3.35. The summed E-state index contributed by atoms with van der Waals surface area (Å²) in [5, 5.41) is 22.5. The summed E-state index contributed by atoms with van der Waals surface area (Å²) < 4.78 is 5.79.